The third-order valence-electron chi connectivity index (χ3n) is 25.6. The van der Waals surface area contributed by atoms with E-state index in [1.54, 1.807) is 131 Å². The van der Waals surface area contributed by atoms with Crippen molar-refractivity contribution in [3.8, 4) is 0 Å². The van der Waals surface area contributed by atoms with Crippen molar-refractivity contribution in [1.29, 1.82) is 0 Å². The lowest BCUT2D eigenvalue weighted by molar-refractivity contribution is -0.537. The molecule has 8 heterocycles. The van der Waals surface area contributed by atoms with Crippen molar-refractivity contribution in [2.75, 3.05) is 33.5 Å². The van der Waals surface area contributed by atoms with Crippen molar-refractivity contribution in [3.05, 3.63) is 175 Å². The summed E-state index contributed by atoms with van der Waals surface area (Å²) in [5.74, 6) is -4.61. The van der Waals surface area contributed by atoms with Gasteiger partial charge in [-0.3, -0.25) is 9.11 Å². The first kappa shape index (κ1) is 108. The monoisotopic (exact) mass is 1980 g/mol. The van der Waals surface area contributed by atoms with Gasteiger partial charge in [0.25, 0.3) is 0 Å². The van der Waals surface area contributed by atoms with Gasteiger partial charge in [-0.2, -0.15) is 36.4 Å². The summed E-state index contributed by atoms with van der Waals surface area (Å²) in [4.78, 5) is 31.5. The predicted octanol–water partition coefficient (Wildman–Crippen LogP) is 8.19. The average Bonchev–Trinajstić information content (AvgIpc) is 0.759. The highest BCUT2D eigenvalue weighted by Crippen LogP contribution is 2.46. The Labute approximate surface area is 781 Å². The Morgan fingerprint density at radius 1 is 0.309 bits per heavy atom. The number of hydrogen-bond donors (Lipinski definition) is 8. The zero-order chi connectivity index (χ0) is 97.7. The van der Waals surface area contributed by atoms with Crippen LogP contribution in [0.2, 0.25) is 0 Å². The number of hydrogen-bond acceptors (Lipinski definition) is 43. The van der Waals surface area contributed by atoms with Crippen molar-refractivity contribution in [2.24, 2.45) is 50.9 Å². The number of aliphatic hydroxyl groups is 2. The highest BCUT2D eigenvalue weighted by Gasteiger charge is 2.61. The van der Waals surface area contributed by atoms with Gasteiger partial charge in [-0.15, -0.1) is 0 Å². The Bertz CT molecular complexity index is 4670. The number of aliphatic hydroxyl groups excluding tert-OH is 2. The van der Waals surface area contributed by atoms with Crippen molar-refractivity contribution >= 4 is 20.8 Å². The van der Waals surface area contributed by atoms with Gasteiger partial charge in [0.15, 0.2) is 74.7 Å². The summed E-state index contributed by atoms with van der Waals surface area (Å²) in [6.45, 7) is 12.1. The zero-order valence-corrected chi connectivity index (χ0v) is 77.2. The number of nitrogens with zero attached hydrogens (tertiary/aromatic N) is 9. The number of azide groups is 3. The third-order valence-corrected chi connectivity index (χ3v) is 26.4. The molecule has 0 aromatic heterocycles. The van der Waals surface area contributed by atoms with Gasteiger partial charge in [-0.1, -0.05) is 198 Å². The summed E-state index contributed by atoms with van der Waals surface area (Å²) in [5, 5.41) is 92.5. The SMILES string of the molecule is CO[C@H]1OC(CO)[C@@H](O[C@@H]2OC(C)[C@@H](O[C@@H]3OC(CO)[C@@H](O[C@@H]4OC(C)[C@H](O[C@@H]5OC(COS(=O)(=O)O)[C@@H](O[C@@H]6OC(C)[C@@H](O[C@@H]7OC(COS(=O)(=O)O)[C@@H](O[C@@H]8OC(C)[C@@H](C)[C@@H](OCc9ccccc9)C8OOO)[C@H](C)C7N=[N+]=[N-])[C@@H](OCc7ccccc7)C6OOO)[C@H](C)C5N=[N+]=[N-])[C@@H](OCc5ccccc5)C4OOO)[C@H](C)C3N=[N+]=[N-])[C@@H](OCc3ccccc3)C2OOO)[C@H](C)C1C. The molecule has 4 aromatic rings. The maximum atomic E-state index is 12.8. The molecule has 8 fully saturated rings. The number of methoxy groups -OCH3 is 1. The van der Waals surface area contributed by atoms with Crippen LogP contribution in [0.5, 0.6) is 0 Å². The first-order valence-electron chi connectivity index (χ1n) is 43.8. The lowest BCUT2D eigenvalue weighted by atomic mass is 9.84. The fourth-order valence-electron chi connectivity index (χ4n) is 18.2. The van der Waals surface area contributed by atoms with E-state index in [1.165, 1.54) is 34.8 Å². The molecule has 16 unspecified atom stereocenters. The van der Waals surface area contributed by atoms with E-state index in [2.05, 4.69) is 50.2 Å². The molecule has 0 spiro atoms. The van der Waals surface area contributed by atoms with Crippen molar-refractivity contribution in [3.63, 3.8) is 0 Å². The van der Waals surface area contributed by atoms with Gasteiger partial charge in [0.2, 0.25) is 0 Å². The summed E-state index contributed by atoms with van der Waals surface area (Å²) < 4.78 is 211. The van der Waals surface area contributed by atoms with Crippen molar-refractivity contribution < 1.29 is 200 Å². The van der Waals surface area contributed by atoms with Crippen LogP contribution in [0, 0.1) is 35.5 Å². The van der Waals surface area contributed by atoms with Crippen LogP contribution in [0.1, 0.15) is 91.5 Å². The zero-order valence-electron chi connectivity index (χ0n) is 75.6. The molecule has 8 aliphatic rings. The minimum atomic E-state index is -5.40. The van der Waals surface area contributed by atoms with E-state index in [9.17, 15) is 73.8 Å². The van der Waals surface area contributed by atoms with Crippen LogP contribution in [-0.2, 0) is 190 Å². The van der Waals surface area contributed by atoms with E-state index in [0.717, 1.165) is 5.56 Å². The summed E-state index contributed by atoms with van der Waals surface area (Å²) in [6.07, 6.45) is -45.1. The molecule has 8 saturated heterocycles. The molecule has 51 nitrogen and oxygen atoms in total. The van der Waals surface area contributed by atoms with E-state index in [-0.39, 0.29) is 38.3 Å². The lowest BCUT2D eigenvalue weighted by Gasteiger charge is -2.52. The smallest absolute Gasteiger partial charge is 0.394 e. The van der Waals surface area contributed by atoms with Crippen LogP contribution in [0.15, 0.2) is 137 Å². The quantitative estimate of drug-likeness (QED) is 0.00516. The lowest BCUT2D eigenvalue weighted by Crippen LogP contribution is -2.66. The van der Waals surface area contributed by atoms with Gasteiger partial charge >= 0.3 is 20.8 Å². The number of rotatable bonds is 46. The maximum absolute atomic E-state index is 12.8. The van der Waals surface area contributed by atoms with Gasteiger partial charge in [0, 0.05) is 33.7 Å². The summed E-state index contributed by atoms with van der Waals surface area (Å²) in [6, 6.07) is 30.5. The molecule has 53 heteroatoms. The van der Waals surface area contributed by atoms with E-state index in [4.69, 9.17) is 123 Å². The topological polar surface area (TPSA) is 653 Å². The molecule has 40 atom stereocenters. The Balaban J connectivity index is 0.810. The molecule has 758 valence electrons. The highest BCUT2D eigenvalue weighted by molar-refractivity contribution is 7.81. The Kier molecular flexibility index (Phi) is 40.7. The Morgan fingerprint density at radius 2 is 0.566 bits per heavy atom. The highest BCUT2D eigenvalue weighted by atomic mass is 32.3. The van der Waals surface area contributed by atoms with Gasteiger partial charge in [0.1, 0.15) is 61.0 Å². The molecule has 4 aromatic carbocycles. The molecular weight excluding hydrogens is 1860 g/mol. The van der Waals surface area contributed by atoms with Crippen molar-refractivity contribution in [2.45, 2.75) is 305 Å². The van der Waals surface area contributed by atoms with Crippen LogP contribution in [0.4, 0.5) is 0 Å². The minimum Gasteiger partial charge on any atom is -0.394 e. The van der Waals surface area contributed by atoms with Gasteiger partial charge in [0.05, 0.1) is 126 Å². The minimum absolute atomic E-state index is 0.0401. The van der Waals surface area contributed by atoms with Gasteiger partial charge < -0.3 is 105 Å². The second-order valence-corrected chi connectivity index (χ2v) is 36.3. The normalized spacial score (nSPS) is 39.0. The van der Waals surface area contributed by atoms with Crippen molar-refractivity contribution in [1.82, 2.24) is 0 Å². The molecule has 0 bridgehead atoms. The summed E-state index contributed by atoms with van der Waals surface area (Å²) in [7, 11) is -9.20. The predicted molar refractivity (Wildman–Crippen MR) is 450 cm³/mol. The molecule has 12 rings (SSSR count). The Morgan fingerprint density at radius 3 is 0.846 bits per heavy atom. The van der Waals surface area contributed by atoms with Crippen LogP contribution >= 0.6 is 0 Å². The van der Waals surface area contributed by atoms with Crippen LogP contribution in [0.25, 0.3) is 31.3 Å². The van der Waals surface area contributed by atoms with Gasteiger partial charge in [-0.25, -0.2) is 29.4 Å². The molecule has 136 heavy (non-hydrogen) atoms. The number of benzene rings is 4. The molecule has 8 N–H and O–H groups in total. The third kappa shape index (κ3) is 27.3. The van der Waals surface area contributed by atoms with E-state index < -0.39 is 280 Å². The van der Waals surface area contributed by atoms with Crippen LogP contribution in [-0.4, -0.2) is 300 Å². The molecule has 0 aliphatic carbocycles. The fraction of sp³-hybridized carbons (Fsp3) is 0.711. The second kappa shape index (κ2) is 51.2. The molecule has 0 saturated carbocycles. The van der Waals surface area contributed by atoms with E-state index in [0.29, 0.717) is 16.7 Å². The summed E-state index contributed by atoms with van der Waals surface area (Å²) >= 11 is 0. The molecule has 8 aliphatic heterocycles. The van der Waals surface area contributed by atoms with Crippen LogP contribution in [0.3, 0.4) is 0 Å². The maximum Gasteiger partial charge on any atom is 0.397 e. The molecular formula is C83H117N9O42S2. The summed E-state index contributed by atoms with van der Waals surface area (Å²) in [5.41, 5.74) is 33.7. The largest absolute Gasteiger partial charge is 0.397 e. The first-order valence-corrected chi connectivity index (χ1v) is 46.6. The van der Waals surface area contributed by atoms with Crippen LogP contribution < -0.4 is 0 Å². The average molecular weight is 1980 g/mol. The number of ether oxygens (including phenoxy) is 20. The Hall–Kier alpha value is -6.81. The van der Waals surface area contributed by atoms with E-state index in [1.807, 2.05) is 32.0 Å². The standard InChI is InChI=1S/C83H117N9O42S2/c1-40-41(2)76(105-11)116-54(32-93)61(40)120-81-73(128-132-96)69(107-35-51-26-18-13-19-27-51)66(47(8)113-81)124-77-58(87-90-84)43(4)62(55(33-94)117-77)121-82-74(129-133-97)70(108-36-52-28-20-14-21-29-52)67(48(9)114-82)125-79-60(89-92-86)45(6)64(57(119-79)39-111-136(102,103)104)123-83-75(130-134-98)71(109-37-53-30-22-15-23-31-53)68(49(10)115-83)126-78-59(88-91-85)44(5)63(56(118-78)38-110-135(99,100)101)122-80-72(127-131-95)65(42(3)46(7)112-80)106-34-50-24-16-12-17-25-50/h12-31,40-49,54-83,93-98H,32-39H2,1-11H3,(H,99,100,101)(H,102,103,104)/t40-,41?,42-,43-,44-,45-,46?,47?,48?,49?,54?,55?,56?,57?,58?,59?,60?,61+,62+,63+,64+,65-,66-,67+,68-,69-,70-,71-,72?,73?,74?,75?,76+,77+,78+,79+,80+,81+,82+,83+/m1/s1. The van der Waals surface area contributed by atoms with E-state index >= 15 is 0 Å². The fourth-order valence-corrected chi connectivity index (χ4v) is 18.8. The first-order chi connectivity index (χ1) is 65.4. The van der Waals surface area contributed by atoms with Gasteiger partial charge in [-0.05, 0) is 90.2 Å². The second-order valence-electron chi connectivity index (χ2n) is 34.1. The molecule has 0 radical (unpaired) electrons. The molecule has 0 amide bonds.